The lowest BCUT2D eigenvalue weighted by Gasteiger charge is -1.98. The lowest BCUT2D eigenvalue weighted by molar-refractivity contribution is 0.359. The monoisotopic (exact) mass is 287 g/mol. The Morgan fingerprint density at radius 2 is 2.11 bits per heavy atom. The van der Waals surface area contributed by atoms with Crippen LogP contribution in [0.4, 0.5) is 8.78 Å². The molecule has 1 atom stereocenters. The van der Waals surface area contributed by atoms with Gasteiger partial charge in [0.25, 0.3) is 0 Å². The van der Waals surface area contributed by atoms with Gasteiger partial charge in [0.2, 0.25) is 11.7 Å². The SMILES string of the molecule is Cl.Fc1ccc(-c2noc([C@@H]3CCNC3)n2)cc1F. The second-order valence-electron chi connectivity index (χ2n) is 4.27. The number of nitrogens with one attached hydrogen (secondary N) is 1. The fraction of sp³-hybridized carbons (Fsp3) is 0.333. The summed E-state index contributed by atoms with van der Waals surface area (Å²) in [6.07, 6.45) is 0.944. The lowest BCUT2D eigenvalue weighted by Crippen LogP contribution is -2.08. The van der Waals surface area contributed by atoms with Gasteiger partial charge in [0.1, 0.15) is 0 Å². The number of hydrogen-bond donors (Lipinski definition) is 1. The van der Waals surface area contributed by atoms with Crippen LogP contribution in [0, 0.1) is 11.6 Å². The summed E-state index contributed by atoms with van der Waals surface area (Å²) in [7, 11) is 0. The minimum atomic E-state index is -0.915. The molecule has 1 aliphatic rings. The van der Waals surface area contributed by atoms with E-state index in [2.05, 4.69) is 15.5 Å². The van der Waals surface area contributed by atoms with Crippen molar-refractivity contribution in [3.63, 3.8) is 0 Å². The summed E-state index contributed by atoms with van der Waals surface area (Å²) in [5.74, 6) is -0.768. The first kappa shape index (κ1) is 13.9. The van der Waals surface area contributed by atoms with Crippen molar-refractivity contribution in [2.75, 3.05) is 13.1 Å². The maximum atomic E-state index is 13.1. The average Bonchev–Trinajstić information content (AvgIpc) is 3.01. The highest BCUT2D eigenvalue weighted by molar-refractivity contribution is 5.85. The van der Waals surface area contributed by atoms with Crippen molar-refractivity contribution in [2.45, 2.75) is 12.3 Å². The largest absolute Gasteiger partial charge is 0.339 e. The predicted molar refractivity (Wildman–Crippen MR) is 67.1 cm³/mol. The number of rotatable bonds is 2. The second-order valence-corrected chi connectivity index (χ2v) is 4.27. The first-order chi connectivity index (χ1) is 8.74. The summed E-state index contributed by atoms with van der Waals surface area (Å²) in [6.45, 7) is 1.73. The van der Waals surface area contributed by atoms with Crippen LogP contribution in [0.1, 0.15) is 18.2 Å². The van der Waals surface area contributed by atoms with Crippen LogP contribution in [-0.2, 0) is 0 Å². The van der Waals surface area contributed by atoms with Crippen LogP contribution in [0.5, 0.6) is 0 Å². The molecule has 0 amide bonds. The summed E-state index contributed by atoms with van der Waals surface area (Å²) in [6, 6.07) is 3.55. The maximum Gasteiger partial charge on any atom is 0.231 e. The first-order valence-corrected chi connectivity index (χ1v) is 5.74. The minimum Gasteiger partial charge on any atom is -0.339 e. The molecular weight excluding hydrogens is 276 g/mol. The standard InChI is InChI=1S/C12H11F2N3O.ClH/c13-9-2-1-7(5-10(9)14)11-16-12(18-17-11)8-3-4-15-6-8;/h1-2,5,8,15H,3-4,6H2;1H/t8-;/m1./s1. The third kappa shape index (κ3) is 2.74. The molecule has 0 aliphatic carbocycles. The molecule has 1 N–H and O–H groups in total. The van der Waals surface area contributed by atoms with Crippen LogP contribution >= 0.6 is 12.4 Å². The van der Waals surface area contributed by atoms with Gasteiger partial charge < -0.3 is 9.84 Å². The Labute approximate surface area is 114 Å². The van der Waals surface area contributed by atoms with E-state index in [1.54, 1.807) is 0 Å². The molecule has 1 fully saturated rings. The van der Waals surface area contributed by atoms with Crippen LogP contribution in [0.3, 0.4) is 0 Å². The third-order valence-electron chi connectivity index (χ3n) is 3.03. The number of hydrogen-bond acceptors (Lipinski definition) is 4. The molecule has 1 aromatic carbocycles. The normalized spacial score (nSPS) is 18.3. The van der Waals surface area contributed by atoms with Crippen molar-refractivity contribution in [3.05, 3.63) is 35.7 Å². The summed E-state index contributed by atoms with van der Waals surface area (Å²) < 4.78 is 31.1. The highest BCUT2D eigenvalue weighted by Crippen LogP contribution is 2.24. The molecule has 7 heteroatoms. The van der Waals surface area contributed by atoms with E-state index < -0.39 is 11.6 Å². The number of benzene rings is 1. The Balaban J connectivity index is 0.00000133. The van der Waals surface area contributed by atoms with Crippen LogP contribution in [0.2, 0.25) is 0 Å². The third-order valence-corrected chi connectivity index (χ3v) is 3.03. The molecule has 4 nitrogen and oxygen atoms in total. The zero-order valence-corrected chi connectivity index (χ0v) is 10.7. The van der Waals surface area contributed by atoms with Gasteiger partial charge in [-0.25, -0.2) is 8.78 Å². The Hall–Kier alpha value is -1.53. The fourth-order valence-electron chi connectivity index (χ4n) is 2.02. The summed E-state index contributed by atoms with van der Waals surface area (Å²) >= 11 is 0. The fourth-order valence-corrected chi connectivity index (χ4v) is 2.02. The van der Waals surface area contributed by atoms with Gasteiger partial charge in [-0.2, -0.15) is 4.98 Å². The van der Waals surface area contributed by atoms with Gasteiger partial charge in [-0.3, -0.25) is 0 Å². The maximum absolute atomic E-state index is 13.1. The Morgan fingerprint density at radius 3 is 2.79 bits per heavy atom. The molecule has 3 rings (SSSR count). The van der Waals surface area contributed by atoms with E-state index in [4.69, 9.17) is 4.52 Å². The van der Waals surface area contributed by atoms with Crippen molar-refractivity contribution in [2.24, 2.45) is 0 Å². The quantitative estimate of drug-likeness (QED) is 0.922. The minimum absolute atomic E-state index is 0. The highest BCUT2D eigenvalue weighted by Gasteiger charge is 2.23. The zero-order chi connectivity index (χ0) is 12.5. The molecule has 0 spiro atoms. The molecule has 1 aliphatic heterocycles. The van der Waals surface area contributed by atoms with E-state index in [1.807, 2.05) is 0 Å². The van der Waals surface area contributed by atoms with Gasteiger partial charge in [-0.15, -0.1) is 12.4 Å². The molecule has 1 aromatic heterocycles. The summed E-state index contributed by atoms with van der Waals surface area (Å²) in [5, 5.41) is 7.00. The highest BCUT2D eigenvalue weighted by atomic mass is 35.5. The van der Waals surface area contributed by atoms with Crippen molar-refractivity contribution in [1.29, 1.82) is 0 Å². The van der Waals surface area contributed by atoms with Gasteiger partial charge in [-0.1, -0.05) is 5.16 Å². The predicted octanol–water partition coefficient (Wildman–Crippen LogP) is 2.51. The smallest absolute Gasteiger partial charge is 0.231 e. The van der Waals surface area contributed by atoms with Crippen molar-refractivity contribution in [1.82, 2.24) is 15.5 Å². The van der Waals surface area contributed by atoms with Crippen molar-refractivity contribution < 1.29 is 13.3 Å². The van der Waals surface area contributed by atoms with Crippen molar-refractivity contribution in [3.8, 4) is 11.4 Å². The van der Waals surface area contributed by atoms with Crippen LogP contribution in [-0.4, -0.2) is 23.2 Å². The molecule has 0 radical (unpaired) electrons. The van der Waals surface area contributed by atoms with Crippen LogP contribution in [0.15, 0.2) is 22.7 Å². The Morgan fingerprint density at radius 1 is 1.26 bits per heavy atom. The van der Waals surface area contributed by atoms with Gasteiger partial charge in [0, 0.05) is 12.1 Å². The molecule has 2 aromatic rings. The van der Waals surface area contributed by atoms with Crippen LogP contribution in [0.25, 0.3) is 11.4 Å². The molecule has 1 saturated heterocycles. The Kier molecular flexibility index (Phi) is 4.11. The summed E-state index contributed by atoms with van der Waals surface area (Å²) in [5.41, 5.74) is 0.412. The molecule has 19 heavy (non-hydrogen) atoms. The van der Waals surface area contributed by atoms with E-state index in [9.17, 15) is 8.78 Å². The Bertz CT molecular complexity index is 570. The zero-order valence-electron chi connectivity index (χ0n) is 9.90. The molecule has 0 unspecified atom stereocenters. The van der Waals surface area contributed by atoms with Gasteiger partial charge in [-0.05, 0) is 31.2 Å². The lowest BCUT2D eigenvalue weighted by atomic mass is 10.1. The molecular formula is C12H12ClF2N3O. The topological polar surface area (TPSA) is 51.0 Å². The van der Waals surface area contributed by atoms with E-state index in [0.717, 1.165) is 31.6 Å². The van der Waals surface area contributed by atoms with E-state index >= 15 is 0 Å². The van der Waals surface area contributed by atoms with E-state index in [-0.39, 0.29) is 24.1 Å². The van der Waals surface area contributed by atoms with Crippen LogP contribution < -0.4 is 5.32 Å². The molecule has 0 bridgehead atoms. The number of aromatic nitrogens is 2. The molecule has 102 valence electrons. The summed E-state index contributed by atoms with van der Waals surface area (Å²) in [4.78, 5) is 4.23. The second kappa shape index (κ2) is 5.63. The molecule has 2 heterocycles. The van der Waals surface area contributed by atoms with Gasteiger partial charge >= 0.3 is 0 Å². The average molecular weight is 288 g/mol. The van der Waals surface area contributed by atoms with Gasteiger partial charge in [0.15, 0.2) is 11.6 Å². The van der Waals surface area contributed by atoms with E-state index in [0.29, 0.717) is 11.5 Å². The number of nitrogens with zero attached hydrogens (tertiary/aromatic N) is 2. The number of halogens is 3. The first-order valence-electron chi connectivity index (χ1n) is 5.74. The van der Waals surface area contributed by atoms with Gasteiger partial charge in [0.05, 0.1) is 5.92 Å². The van der Waals surface area contributed by atoms with Crippen molar-refractivity contribution >= 4 is 12.4 Å². The molecule has 0 saturated carbocycles. The van der Waals surface area contributed by atoms with E-state index in [1.165, 1.54) is 6.07 Å².